The SMILES string of the molecule is CC(CN(C)C(=O)Nc1ccc(F)c(S(=O)(=O)N(C)C)c1)C(=O)O. The second kappa shape index (κ2) is 7.58. The molecule has 0 bridgehead atoms. The van der Waals surface area contributed by atoms with Gasteiger partial charge in [0.05, 0.1) is 5.92 Å². The second-order valence-electron chi connectivity index (χ2n) is 5.48. The number of anilines is 1. The van der Waals surface area contributed by atoms with Crippen molar-refractivity contribution in [2.45, 2.75) is 11.8 Å². The molecule has 0 saturated heterocycles. The first-order valence-electron chi connectivity index (χ1n) is 6.93. The normalized spacial score (nSPS) is 12.8. The van der Waals surface area contributed by atoms with Crippen LogP contribution in [0.3, 0.4) is 0 Å². The summed E-state index contributed by atoms with van der Waals surface area (Å²) in [5.74, 6) is -2.75. The molecule has 1 aromatic carbocycles. The van der Waals surface area contributed by atoms with Crippen LogP contribution in [-0.2, 0) is 14.8 Å². The van der Waals surface area contributed by atoms with Gasteiger partial charge in [-0.1, -0.05) is 6.92 Å². The molecular weight excluding hydrogens is 341 g/mol. The molecule has 0 saturated carbocycles. The van der Waals surface area contributed by atoms with Gasteiger partial charge in [-0.2, -0.15) is 0 Å². The minimum atomic E-state index is -4.00. The molecule has 1 unspecified atom stereocenters. The van der Waals surface area contributed by atoms with Crippen LogP contribution in [0.25, 0.3) is 0 Å². The molecule has 1 rings (SSSR count). The first-order valence-corrected chi connectivity index (χ1v) is 8.37. The summed E-state index contributed by atoms with van der Waals surface area (Å²) < 4.78 is 38.7. The maximum Gasteiger partial charge on any atom is 0.321 e. The molecule has 0 fully saturated rings. The summed E-state index contributed by atoms with van der Waals surface area (Å²) in [7, 11) is -0.0721. The quantitative estimate of drug-likeness (QED) is 0.793. The zero-order valence-corrected chi connectivity index (χ0v) is 14.6. The first kappa shape index (κ1) is 19.8. The monoisotopic (exact) mass is 361 g/mol. The standard InChI is InChI=1S/C14H20FN3O5S/c1-9(13(19)20)8-18(4)14(21)16-10-5-6-11(15)12(7-10)24(22,23)17(2)3/h5-7,9H,8H2,1-4H3,(H,16,21)(H,19,20). The van der Waals surface area contributed by atoms with Gasteiger partial charge in [-0.05, 0) is 18.2 Å². The number of nitrogens with one attached hydrogen (secondary N) is 1. The van der Waals surface area contributed by atoms with E-state index in [9.17, 15) is 22.4 Å². The molecular formula is C14H20FN3O5S. The Labute approximate surface area is 139 Å². The zero-order valence-electron chi connectivity index (χ0n) is 13.8. The number of urea groups is 1. The number of benzene rings is 1. The molecule has 0 aliphatic rings. The summed E-state index contributed by atoms with van der Waals surface area (Å²) in [5.41, 5.74) is 0.0802. The van der Waals surface area contributed by atoms with E-state index in [0.29, 0.717) is 0 Å². The number of amides is 2. The van der Waals surface area contributed by atoms with Crippen LogP contribution < -0.4 is 5.32 Å². The van der Waals surface area contributed by atoms with Gasteiger partial charge in [0.2, 0.25) is 10.0 Å². The zero-order chi connectivity index (χ0) is 18.7. The predicted octanol–water partition coefficient (Wildman–Crippen LogP) is 1.26. The van der Waals surface area contributed by atoms with Gasteiger partial charge in [-0.25, -0.2) is 21.9 Å². The number of rotatable bonds is 6. The van der Waals surface area contributed by atoms with Gasteiger partial charge < -0.3 is 15.3 Å². The molecule has 0 aromatic heterocycles. The Morgan fingerprint density at radius 1 is 1.29 bits per heavy atom. The largest absolute Gasteiger partial charge is 0.481 e. The fourth-order valence-electron chi connectivity index (χ4n) is 1.77. The lowest BCUT2D eigenvalue weighted by Crippen LogP contribution is -2.36. The molecule has 134 valence electrons. The summed E-state index contributed by atoms with van der Waals surface area (Å²) in [5, 5.41) is 11.2. The van der Waals surface area contributed by atoms with E-state index in [0.717, 1.165) is 21.3 Å². The molecule has 0 heterocycles. The molecule has 2 N–H and O–H groups in total. The van der Waals surface area contributed by atoms with Crippen molar-refractivity contribution < 1.29 is 27.5 Å². The molecule has 2 amide bonds. The number of halogens is 1. The first-order chi connectivity index (χ1) is 11.0. The van der Waals surface area contributed by atoms with Crippen molar-refractivity contribution in [3.63, 3.8) is 0 Å². The Kier molecular flexibility index (Phi) is 6.27. The Balaban J connectivity index is 2.97. The number of aliphatic carboxylic acids is 1. The van der Waals surface area contributed by atoms with E-state index in [2.05, 4.69) is 5.32 Å². The molecule has 0 radical (unpaired) electrons. The van der Waals surface area contributed by atoms with Gasteiger partial charge in [0.15, 0.2) is 0 Å². The lowest BCUT2D eigenvalue weighted by Gasteiger charge is -2.20. The number of carboxylic acids is 1. The molecule has 10 heteroatoms. The summed E-state index contributed by atoms with van der Waals surface area (Å²) in [6.45, 7) is 1.41. The minimum Gasteiger partial charge on any atom is -0.481 e. The van der Waals surface area contributed by atoms with Crippen LogP contribution in [0.2, 0.25) is 0 Å². The number of hydrogen-bond acceptors (Lipinski definition) is 4. The number of sulfonamides is 1. The molecule has 0 aliphatic carbocycles. The molecule has 8 nitrogen and oxygen atoms in total. The summed E-state index contributed by atoms with van der Waals surface area (Å²) in [6, 6.07) is 2.53. The number of carbonyl (C=O) groups excluding carboxylic acids is 1. The van der Waals surface area contributed by atoms with Crippen LogP contribution >= 0.6 is 0 Å². The Bertz CT molecular complexity index is 736. The van der Waals surface area contributed by atoms with Crippen LogP contribution in [0.5, 0.6) is 0 Å². The van der Waals surface area contributed by atoms with Crippen LogP contribution in [0.1, 0.15) is 6.92 Å². The average Bonchev–Trinajstić information content (AvgIpc) is 2.48. The number of hydrogen-bond donors (Lipinski definition) is 2. The predicted molar refractivity (Wildman–Crippen MR) is 85.7 cm³/mol. The van der Waals surface area contributed by atoms with Crippen molar-refractivity contribution in [2.75, 3.05) is 33.0 Å². The van der Waals surface area contributed by atoms with E-state index in [4.69, 9.17) is 5.11 Å². The van der Waals surface area contributed by atoms with Crippen molar-refractivity contribution in [3.8, 4) is 0 Å². The highest BCUT2D eigenvalue weighted by atomic mass is 32.2. The van der Waals surface area contributed by atoms with Crippen LogP contribution in [-0.4, -0.2) is 62.4 Å². The molecule has 0 spiro atoms. The van der Waals surface area contributed by atoms with Crippen LogP contribution in [0, 0.1) is 11.7 Å². The van der Waals surface area contributed by atoms with E-state index in [1.54, 1.807) is 0 Å². The van der Waals surface area contributed by atoms with Gasteiger partial charge in [-0.3, -0.25) is 4.79 Å². The van der Waals surface area contributed by atoms with Crippen LogP contribution in [0.15, 0.2) is 23.1 Å². The molecule has 24 heavy (non-hydrogen) atoms. The highest BCUT2D eigenvalue weighted by Crippen LogP contribution is 2.22. The summed E-state index contributed by atoms with van der Waals surface area (Å²) >= 11 is 0. The minimum absolute atomic E-state index is 0.0365. The molecule has 0 aliphatic heterocycles. The van der Waals surface area contributed by atoms with Crippen molar-refractivity contribution in [1.29, 1.82) is 0 Å². The van der Waals surface area contributed by atoms with Crippen molar-refractivity contribution in [1.82, 2.24) is 9.21 Å². The molecule has 1 aromatic rings. The Morgan fingerprint density at radius 2 is 1.88 bits per heavy atom. The van der Waals surface area contributed by atoms with Gasteiger partial charge in [0, 0.05) is 33.4 Å². The summed E-state index contributed by atoms with van der Waals surface area (Å²) in [4.78, 5) is 23.4. The number of carbonyl (C=O) groups is 2. The van der Waals surface area contributed by atoms with Crippen LogP contribution in [0.4, 0.5) is 14.9 Å². The van der Waals surface area contributed by atoms with Gasteiger partial charge in [0.1, 0.15) is 10.7 Å². The van der Waals surface area contributed by atoms with E-state index in [1.807, 2.05) is 0 Å². The van der Waals surface area contributed by atoms with Gasteiger partial charge in [0.25, 0.3) is 0 Å². The van der Waals surface area contributed by atoms with Gasteiger partial charge >= 0.3 is 12.0 Å². The lowest BCUT2D eigenvalue weighted by molar-refractivity contribution is -0.141. The van der Waals surface area contributed by atoms with E-state index in [-0.39, 0.29) is 12.2 Å². The third-order valence-electron chi connectivity index (χ3n) is 3.26. The fourth-order valence-corrected chi connectivity index (χ4v) is 2.75. The third-order valence-corrected chi connectivity index (χ3v) is 5.09. The average molecular weight is 361 g/mol. The highest BCUT2D eigenvalue weighted by molar-refractivity contribution is 7.89. The fraction of sp³-hybridized carbons (Fsp3) is 0.429. The smallest absolute Gasteiger partial charge is 0.321 e. The van der Waals surface area contributed by atoms with Crippen molar-refractivity contribution >= 4 is 27.7 Å². The Hall–Kier alpha value is -2.20. The van der Waals surface area contributed by atoms with Crippen molar-refractivity contribution in [2.24, 2.45) is 5.92 Å². The third kappa shape index (κ3) is 4.65. The number of carboxylic acid groups (broad SMARTS) is 1. The van der Waals surface area contributed by atoms with E-state index in [1.165, 1.54) is 34.1 Å². The maximum absolute atomic E-state index is 13.8. The van der Waals surface area contributed by atoms with Gasteiger partial charge in [-0.15, -0.1) is 0 Å². The second-order valence-corrected chi connectivity index (χ2v) is 7.60. The molecule has 1 atom stereocenters. The van der Waals surface area contributed by atoms with E-state index < -0.39 is 38.7 Å². The lowest BCUT2D eigenvalue weighted by atomic mass is 10.2. The summed E-state index contributed by atoms with van der Waals surface area (Å²) in [6.07, 6.45) is 0. The number of nitrogens with zero attached hydrogens (tertiary/aromatic N) is 2. The van der Waals surface area contributed by atoms with Crippen molar-refractivity contribution in [3.05, 3.63) is 24.0 Å². The highest BCUT2D eigenvalue weighted by Gasteiger charge is 2.23. The van der Waals surface area contributed by atoms with E-state index >= 15 is 0 Å². The topological polar surface area (TPSA) is 107 Å². The Morgan fingerprint density at radius 3 is 2.38 bits per heavy atom. The maximum atomic E-state index is 13.8.